The Morgan fingerprint density at radius 1 is 1.32 bits per heavy atom. The highest BCUT2D eigenvalue weighted by molar-refractivity contribution is 9.09. The molecule has 6 nitrogen and oxygen atoms in total. The van der Waals surface area contributed by atoms with Gasteiger partial charge in [-0.2, -0.15) is 0 Å². The summed E-state index contributed by atoms with van der Waals surface area (Å²) in [6.07, 6.45) is 1.04. The van der Waals surface area contributed by atoms with Crippen molar-refractivity contribution < 1.29 is 27.7 Å². The van der Waals surface area contributed by atoms with Gasteiger partial charge < -0.3 is 4.74 Å². The van der Waals surface area contributed by atoms with Crippen molar-refractivity contribution in [1.82, 2.24) is 0 Å². The summed E-state index contributed by atoms with van der Waals surface area (Å²) in [7, 11) is -3.55. The van der Waals surface area contributed by atoms with E-state index in [9.17, 15) is 9.36 Å². The van der Waals surface area contributed by atoms with Crippen molar-refractivity contribution in [2.24, 2.45) is 5.41 Å². The van der Waals surface area contributed by atoms with Crippen LogP contribution in [-0.2, 0) is 27.7 Å². The maximum atomic E-state index is 12.0. The van der Waals surface area contributed by atoms with Gasteiger partial charge in [0, 0.05) is 22.2 Å². The van der Waals surface area contributed by atoms with Crippen LogP contribution >= 0.6 is 39.7 Å². The Hall–Kier alpha value is 0.280. The molecule has 110 valence electrons. The van der Waals surface area contributed by atoms with Crippen LogP contribution in [0.3, 0.4) is 0 Å². The van der Waals surface area contributed by atoms with Gasteiger partial charge in [-0.15, -0.1) is 0 Å². The zero-order valence-electron chi connectivity index (χ0n) is 10.2. The number of halogens is 2. The number of phosphoric acid groups is 1. The van der Waals surface area contributed by atoms with E-state index in [0.29, 0.717) is 10.7 Å². The van der Waals surface area contributed by atoms with Crippen LogP contribution in [0.2, 0.25) is 0 Å². The number of hydrogen-bond donors (Lipinski definition) is 0. The summed E-state index contributed by atoms with van der Waals surface area (Å²) in [5.41, 5.74) is -0.257. The van der Waals surface area contributed by atoms with Crippen LogP contribution in [0.5, 0.6) is 0 Å². The molecule has 0 unspecified atom stereocenters. The van der Waals surface area contributed by atoms with Gasteiger partial charge in [-0.3, -0.25) is 13.6 Å². The van der Waals surface area contributed by atoms with E-state index in [4.69, 9.17) is 13.6 Å². The van der Waals surface area contributed by atoms with E-state index < -0.39 is 13.8 Å². The first-order chi connectivity index (χ1) is 8.99. The Morgan fingerprint density at radius 2 is 1.89 bits per heavy atom. The van der Waals surface area contributed by atoms with E-state index in [-0.39, 0.29) is 31.8 Å². The molecule has 0 spiro atoms. The van der Waals surface area contributed by atoms with Gasteiger partial charge in [0.2, 0.25) is 0 Å². The predicted octanol–water partition coefficient (Wildman–Crippen LogP) is 2.66. The number of phosphoric ester groups is 1. The number of alkyl halides is 2. The molecule has 0 saturated carbocycles. The van der Waals surface area contributed by atoms with Crippen LogP contribution in [0.25, 0.3) is 0 Å². The molecule has 1 fully saturated rings. The third-order valence-corrected chi connectivity index (χ3v) is 6.14. The summed E-state index contributed by atoms with van der Waals surface area (Å²) in [5, 5.41) is 1.31. The fourth-order valence-electron chi connectivity index (χ4n) is 1.13. The molecule has 19 heavy (non-hydrogen) atoms. The van der Waals surface area contributed by atoms with Gasteiger partial charge in [-0.25, -0.2) is 9.36 Å². The molecular weight excluding hydrogens is 407 g/mol. The minimum Gasteiger partial charge on any atom is -0.460 e. The van der Waals surface area contributed by atoms with E-state index in [2.05, 4.69) is 43.2 Å². The third kappa shape index (κ3) is 5.28. The quantitative estimate of drug-likeness (QED) is 0.207. The summed E-state index contributed by atoms with van der Waals surface area (Å²) in [5.74, 6) is -0.565. The molecule has 0 N–H and O–H groups in total. The van der Waals surface area contributed by atoms with Crippen molar-refractivity contribution in [3.8, 4) is 0 Å². The van der Waals surface area contributed by atoms with Crippen molar-refractivity contribution >= 4 is 45.7 Å². The Kier molecular flexibility index (Phi) is 7.21. The van der Waals surface area contributed by atoms with E-state index in [1.54, 1.807) is 0 Å². The maximum Gasteiger partial charge on any atom is 0.474 e. The lowest BCUT2D eigenvalue weighted by molar-refractivity contribution is -0.138. The normalized spacial score (nSPS) is 20.7. The Labute approximate surface area is 128 Å². The molecule has 0 aromatic carbocycles. The SMILES string of the molecule is C=CC(=O)OCCOP1(=O)OCC(CBr)(CBr)CO1. The van der Waals surface area contributed by atoms with Gasteiger partial charge in [0.25, 0.3) is 0 Å². The number of rotatable bonds is 7. The number of carbonyl (C=O) groups is 1. The number of esters is 1. The molecule has 0 radical (unpaired) electrons. The van der Waals surface area contributed by atoms with Crippen molar-refractivity contribution in [2.45, 2.75) is 0 Å². The number of carbonyl (C=O) groups excluding carboxylic acids is 1. The standard InChI is InChI=1S/C10H15Br2O6P/c1-2-9(13)15-3-4-16-19(14)17-7-10(5-11,6-12)8-18-19/h2H,1,3-8H2. The highest BCUT2D eigenvalue weighted by Crippen LogP contribution is 2.55. The van der Waals surface area contributed by atoms with E-state index >= 15 is 0 Å². The Balaban J connectivity index is 2.34. The molecule has 0 amide bonds. The second-order valence-electron chi connectivity index (χ2n) is 3.97. The molecule has 1 saturated heterocycles. The average Bonchev–Trinajstić information content (AvgIpc) is 2.45. The second kappa shape index (κ2) is 7.90. The molecule has 1 rings (SSSR count). The minimum absolute atomic E-state index is 0.0381. The van der Waals surface area contributed by atoms with Crippen molar-refractivity contribution in [3.63, 3.8) is 0 Å². The fraction of sp³-hybridized carbons (Fsp3) is 0.700. The Morgan fingerprint density at radius 3 is 2.37 bits per heavy atom. The van der Waals surface area contributed by atoms with Crippen LogP contribution in [0.15, 0.2) is 12.7 Å². The van der Waals surface area contributed by atoms with Crippen LogP contribution < -0.4 is 0 Å². The Bertz CT molecular complexity index is 357. The smallest absolute Gasteiger partial charge is 0.460 e. The average molecular weight is 422 g/mol. The summed E-state index contributed by atoms with van der Waals surface area (Å²) in [4.78, 5) is 10.8. The summed E-state index contributed by atoms with van der Waals surface area (Å²) >= 11 is 6.73. The van der Waals surface area contributed by atoms with Gasteiger partial charge >= 0.3 is 13.8 Å². The van der Waals surface area contributed by atoms with E-state index in [1.807, 2.05) is 0 Å². The molecule has 0 atom stereocenters. The van der Waals surface area contributed by atoms with Crippen LogP contribution in [0.4, 0.5) is 0 Å². The highest BCUT2D eigenvalue weighted by atomic mass is 79.9. The van der Waals surface area contributed by atoms with E-state index in [1.165, 1.54) is 0 Å². The molecule has 9 heteroatoms. The van der Waals surface area contributed by atoms with Gasteiger partial charge in [-0.1, -0.05) is 38.4 Å². The largest absolute Gasteiger partial charge is 0.474 e. The lowest BCUT2D eigenvalue weighted by atomic mass is 9.96. The van der Waals surface area contributed by atoms with Gasteiger partial charge in [-0.05, 0) is 0 Å². The molecule has 0 aliphatic carbocycles. The maximum absolute atomic E-state index is 12.0. The summed E-state index contributed by atoms with van der Waals surface area (Å²) in [6, 6.07) is 0. The zero-order valence-corrected chi connectivity index (χ0v) is 14.2. The molecule has 0 aromatic heterocycles. The highest BCUT2D eigenvalue weighted by Gasteiger charge is 2.42. The van der Waals surface area contributed by atoms with Crippen LogP contribution in [0, 0.1) is 5.41 Å². The molecular formula is C10H15Br2O6P. The molecule has 1 aliphatic rings. The first kappa shape index (κ1) is 17.3. The van der Waals surface area contributed by atoms with Crippen molar-refractivity contribution in [2.75, 3.05) is 37.1 Å². The predicted molar refractivity (Wildman–Crippen MR) is 76.6 cm³/mol. The molecule has 1 heterocycles. The van der Waals surface area contributed by atoms with Gasteiger partial charge in [0.05, 0.1) is 19.8 Å². The second-order valence-corrected chi connectivity index (χ2v) is 6.76. The van der Waals surface area contributed by atoms with Crippen molar-refractivity contribution in [1.29, 1.82) is 0 Å². The summed E-state index contributed by atoms with van der Waals surface area (Å²) < 4.78 is 32.1. The molecule has 0 bridgehead atoms. The van der Waals surface area contributed by atoms with Gasteiger partial charge in [0.15, 0.2) is 0 Å². The van der Waals surface area contributed by atoms with E-state index in [0.717, 1.165) is 6.08 Å². The van der Waals surface area contributed by atoms with Crippen LogP contribution in [-0.4, -0.2) is 43.1 Å². The third-order valence-electron chi connectivity index (χ3n) is 2.37. The zero-order chi connectivity index (χ0) is 14.4. The van der Waals surface area contributed by atoms with Crippen LogP contribution in [0.1, 0.15) is 0 Å². The van der Waals surface area contributed by atoms with Gasteiger partial charge in [0.1, 0.15) is 6.61 Å². The number of hydrogen-bond acceptors (Lipinski definition) is 6. The lowest BCUT2D eigenvalue weighted by Crippen LogP contribution is -2.39. The first-order valence-corrected chi connectivity index (χ1v) is 9.14. The number of ether oxygens (including phenoxy) is 1. The lowest BCUT2D eigenvalue weighted by Gasteiger charge is -2.36. The monoisotopic (exact) mass is 420 g/mol. The topological polar surface area (TPSA) is 71.1 Å². The molecule has 0 aromatic rings. The molecule has 1 aliphatic heterocycles. The summed E-state index contributed by atoms with van der Waals surface area (Å²) in [6.45, 7) is 3.66. The fourth-order valence-corrected chi connectivity index (χ4v) is 4.09. The first-order valence-electron chi connectivity index (χ1n) is 5.44. The minimum atomic E-state index is -3.55. The van der Waals surface area contributed by atoms with Crippen molar-refractivity contribution in [3.05, 3.63) is 12.7 Å².